The molecule has 0 spiro atoms. The van der Waals surface area contributed by atoms with E-state index in [0.717, 1.165) is 20.9 Å². The van der Waals surface area contributed by atoms with Gasteiger partial charge >= 0.3 is 0 Å². The highest BCUT2D eigenvalue weighted by atomic mass is 32.1. The summed E-state index contributed by atoms with van der Waals surface area (Å²) >= 11 is 1.50. The van der Waals surface area contributed by atoms with Gasteiger partial charge in [0.1, 0.15) is 11.9 Å². The molecule has 0 fully saturated rings. The third-order valence-electron chi connectivity index (χ3n) is 2.78. The van der Waals surface area contributed by atoms with Gasteiger partial charge in [0.05, 0.1) is 0 Å². The van der Waals surface area contributed by atoms with Gasteiger partial charge < -0.3 is 5.11 Å². The molecular formula is C14H15FOS. The number of aliphatic hydroxyl groups is 1. The molecule has 2 rings (SSSR count). The van der Waals surface area contributed by atoms with Crippen molar-refractivity contribution in [1.82, 2.24) is 0 Å². The molecule has 0 bridgehead atoms. The molecule has 0 aliphatic carbocycles. The van der Waals surface area contributed by atoms with Crippen molar-refractivity contribution in [3.05, 3.63) is 56.5 Å². The third-order valence-corrected chi connectivity index (χ3v) is 3.84. The summed E-state index contributed by atoms with van der Waals surface area (Å²) in [5.41, 5.74) is 2.05. The number of hydrogen-bond acceptors (Lipinski definition) is 2. The monoisotopic (exact) mass is 250 g/mol. The van der Waals surface area contributed by atoms with Crippen LogP contribution in [0.1, 0.15) is 32.5 Å². The van der Waals surface area contributed by atoms with Gasteiger partial charge in [-0.2, -0.15) is 0 Å². The Balaban J connectivity index is 2.47. The highest BCUT2D eigenvalue weighted by molar-refractivity contribution is 7.12. The molecular weight excluding hydrogens is 235 g/mol. The Morgan fingerprint density at radius 3 is 2.41 bits per heavy atom. The van der Waals surface area contributed by atoms with Crippen LogP contribution in [0.5, 0.6) is 0 Å². The van der Waals surface area contributed by atoms with Crippen LogP contribution >= 0.6 is 11.3 Å². The Labute approximate surface area is 105 Å². The zero-order valence-electron chi connectivity index (χ0n) is 10.1. The molecule has 1 N–H and O–H groups in total. The van der Waals surface area contributed by atoms with Gasteiger partial charge in [0.15, 0.2) is 0 Å². The Kier molecular flexibility index (Phi) is 3.31. The molecule has 0 amide bonds. The van der Waals surface area contributed by atoms with Crippen LogP contribution in [0.3, 0.4) is 0 Å². The molecule has 2 aromatic rings. The molecule has 1 aromatic heterocycles. The highest BCUT2D eigenvalue weighted by Crippen LogP contribution is 2.32. The second kappa shape index (κ2) is 4.59. The highest BCUT2D eigenvalue weighted by Gasteiger charge is 2.19. The lowest BCUT2D eigenvalue weighted by Gasteiger charge is -2.14. The first kappa shape index (κ1) is 12.3. The first-order valence-corrected chi connectivity index (χ1v) is 6.31. The van der Waals surface area contributed by atoms with Crippen LogP contribution in [0, 0.1) is 26.6 Å². The molecule has 3 heteroatoms. The number of halogens is 1. The quantitative estimate of drug-likeness (QED) is 0.857. The van der Waals surface area contributed by atoms with Crippen molar-refractivity contribution in [3.63, 3.8) is 0 Å². The molecule has 0 aliphatic rings. The smallest absolute Gasteiger partial charge is 0.129 e. The first-order chi connectivity index (χ1) is 7.99. The first-order valence-electron chi connectivity index (χ1n) is 5.50. The summed E-state index contributed by atoms with van der Waals surface area (Å²) in [6, 6.07) is 7.14. The summed E-state index contributed by atoms with van der Waals surface area (Å²) in [5, 5.41) is 10.2. The predicted octanol–water partition coefficient (Wildman–Crippen LogP) is 3.89. The molecule has 90 valence electrons. The molecule has 1 aromatic carbocycles. The lowest BCUT2D eigenvalue weighted by Crippen LogP contribution is -2.04. The van der Waals surface area contributed by atoms with Crippen molar-refractivity contribution < 1.29 is 9.50 Å². The second-order valence-electron chi connectivity index (χ2n) is 4.33. The molecule has 0 saturated carbocycles. The topological polar surface area (TPSA) is 20.2 Å². The van der Waals surface area contributed by atoms with Crippen molar-refractivity contribution in [1.29, 1.82) is 0 Å². The minimum Gasteiger partial charge on any atom is -0.383 e. The fourth-order valence-electron chi connectivity index (χ4n) is 2.02. The molecule has 0 aliphatic heterocycles. The number of hydrogen-bond donors (Lipinski definition) is 1. The van der Waals surface area contributed by atoms with Gasteiger partial charge in [-0.3, -0.25) is 0 Å². The van der Waals surface area contributed by atoms with Crippen LogP contribution < -0.4 is 0 Å². The van der Waals surface area contributed by atoms with E-state index in [0.29, 0.717) is 5.56 Å². The number of aliphatic hydroxyl groups excluding tert-OH is 1. The van der Waals surface area contributed by atoms with Crippen LogP contribution in [-0.2, 0) is 0 Å². The molecule has 17 heavy (non-hydrogen) atoms. The molecule has 0 radical (unpaired) electrons. The number of thiophene rings is 1. The second-order valence-corrected chi connectivity index (χ2v) is 5.65. The molecule has 1 unspecified atom stereocenters. The van der Waals surface area contributed by atoms with Gasteiger partial charge in [-0.15, -0.1) is 11.3 Å². The maximum Gasteiger partial charge on any atom is 0.129 e. The number of aryl methyl sites for hydroxylation is 3. The Morgan fingerprint density at radius 1 is 1.18 bits per heavy atom. The fraction of sp³-hybridized carbons (Fsp3) is 0.286. The lowest BCUT2D eigenvalue weighted by molar-refractivity contribution is 0.218. The molecule has 1 nitrogen and oxygen atoms in total. The van der Waals surface area contributed by atoms with Crippen molar-refractivity contribution >= 4 is 11.3 Å². The van der Waals surface area contributed by atoms with Crippen molar-refractivity contribution in [2.45, 2.75) is 26.9 Å². The van der Waals surface area contributed by atoms with Crippen molar-refractivity contribution in [3.8, 4) is 0 Å². The van der Waals surface area contributed by atoms with E-state index >= 15 is 0 Å². The average molecular weight is 250 g/mol. The molecule has 1 heterocycles. The minimum absolute atomic E-state index is 0.332. The van der Waals surface area contributed by atoms with Gasteiger partial charge in [0, 0.05) is 15.3 Å². The van der Waals surface area contributed by atoms with E-state index in [9.17, 15) is 9.50 Å². The summed E-state index contributed by atoms with van der Waals surface area (Å²) in [6.07, 6.45) is -0.866. The van der Waals surface area contributed by atoms with Gasteiger partial charge in [-0.1, -0.05) is 6.07 Å². The lowest BCUT2D eigenvalue weighted by atomic mass is 9.99. The molecule has 1 atom stereocenters. The van der Waals surface area contributed by atoms with Crippen molar-refractivity contribution in [2.24, 2.45) is 0 Å². The standard InChI is InChI=1S/C14H15FOS/c1-8-6-9(2)13(11(15)7-8)14(16)12-5-4-10(3)17-12/h4-7,14,16H,1-3H3. The zero-order chi connectivity index (χ0) is 12.6. The van der Waals surface area contributed by atoms with E-state index in [1.54, 1.807) is 0 Å². The van der Waals surface area contributed by atoms with Gasteiger partial charge in [-0.25, -0.2) is 4.39 Å². The van der Waals surface area contributed by atoms with Crippen LogP contribution in [0.15, 0.2) is 24.3 Å². The van der Waals surface area contributed by atoms with E-state index in [2.05, 4.69) is 0 Å². The maximum absolute atomic E-state index is 13.9. The summed E-state index contributed by atoms with van der Waals surface area (Å²) < 4.78 is 13.9. The summed E-state index contributed by atoms with van der Waals surface area (Å²) in [6.45, 7) is 5.65. The Bertz CT molecular complexity index is 522. The summed E-state index contributed by atoms with van der Waals surface area (Å²) in [7, 11) is 0. The van der Waals surface area contributed by atoms with Crippen LogP contribution in [0.2, 0.25) is 0 Å². The van der Waals surface area contributed by atoms with Gasteiger partial charge in [-0.05, 0) is 50.1 Å². The van der Waals surface area contributed by atoms with Gasteiger partial charge in [0.25, 0.3) is 0 Å². The maximum atomic E-state index is 13.9. The third kappa shape index (κ3) is 2.40. The van der Waals surface area contributed by atoms with Crippen molar-refractivity contribution in [2.75, 3.05) is 0 Å². The molecule has 0 saturated heterocycles. The number of benzene rings is 1. The predicted molar refractivity (Wildman–Crippen MR) is 69.0 cm³/mol. The number of rotatable bonds is 2. The summed E-state index contributed by atoms with van der Waals surface area (Å²) in [5.74, 6) is -0.332. The van der Waals surface area contributed by atoms with E-state index < -0.39 is 6.10 Å². The summed E-state index contributed by atoms with van der Waals surface area (Å²) in [4.78, 5) is 1.90. The normalized spacial score (nSPS) is 12.8. The van der Waals surface area contributed by atoms with E-state index in [-0.39, 0.29) is 5.82 Å². The SMILES string of the molecule is Cc1cc(C)c(C(O)c2ccc(C)s2)c(F)c1. The zero-order valence-corrected chi connectivity index (χ0v) is 10.9. The average Bonchev–Trinajstić information content (AvgIpc) is 2.63. The van der Waals surface area contributed by atoms with Crippen LogP contribution in [0.25, 0.3) is 0 Å². The van der Waals surface area contributed by atoms with E-state index in [1.807, 2.05) is 39.0 Å². The Morgan fingerprint density at radius 2 is 1.88 bits per heavy atom. The minimum atomic E-state index is -0.866. The largest absolute Gasteiger partial charge is 0.383 e. The van der Waals surface area contributed by atoms with E-state index in [1.165, 1.54) is 17.4 Å². The fourth-order valence-corrected chi connectivity index (χ4v) is 2.89. The van der Waals surface area contributed by atoms with Gasteiger partial charge in [0.2, 0.25) is 0 Å². The van der Waals surface area contributed by atoms with Crippen LogP contribution in [0.4, 0.5) is 4.39 Å². The Hall–Kier alpha value is -1.19. The van der Waals surface area contributed by atoms with E-state index in [4.69, 9.17) is 0 Å². The van der Waals surface area contributed by atoms with Crippen LogP contribution in [-0.4, -0.2) is 5.11 Å².